The fraction of sp³-hybridized carbons (Fsp3) is 0.273. The molecule has 0 amide bonds. The van der Waals surface area contributed by atoms with Crippen LogP contribution in [-0.4, -0.2) is 5.94 Å². The average molecular weight is 237 g/mol. The lowest BCUT2D eigenvalue weighted by Crippen LogP contribution is -1.81. The first-order valence-corrected chi connectivity index (χ1v) is 5.11. The molecular weight excluding hydrogens is 228 g/mol. The zero-order chi connectivity index (χ0) is 9.26. The second-order valence-electron chi connectivity index (χ2n) is 3.31. The van der Waals surface area contributed by atoms with Gasteiger partial charge in [-0.1, -0.05) is 24.3 Å². The van der Waals surface area contributed by atoms with E-state index in [9.17, 15) is 4.79 Å². The summed E-state index contributed by atoms with van der Waals surface area (Å²) in [7, 11) is 0. The molecule has 0 aliphatic heterocycles. The van der Waals surface area contributed by atoms with E-state index in [1.807, 2.05) is 18.1 Å². The van der Waals surface area contributed by atoms with Gasteiger partial charge in [-0.25, -0.2) is 4.79 Å². The van der Waals surface area contributed by atoms with Crippen molar-refractivity contribution in [3.63, 3.8) is 0 Å². The van der Waals surface area contributed by atoms with E-state index in [0.717, 1.165) is 11.5 Å². The third-order valence-electron chi connectivity index (χ3n) is 2.30. The minimum Gasteiger partial charge on any atom is -0.232 e. The predicted octanol–water partition coefficient (Wildman–Crippen LogP) is 3.13. The summed E-state index contributed by atoms with van der Waals surface area (Å²) in [6.07, 6.45) is 2.62. The van der Waals surface area contributed by atoms with Crippen LogP contribution in [0.15, 0.2) is 24.3 Å². The van der Waals surface area contributed by atoms with Gasteiger partial charge in [0.2, 0.25) is 0 Å². The minimum atomic E-state index is 0.495. The molecule has 0 unspecified atom stereocenters. The Balaban J connectivity index is 2.27. The van der Waals surface area contributed by atoms with Crippen molar-refractivity contribution in [3.05, 3.63) is 35.4 Å². The zero-order valence-electron chi connectivity index (χ0n) is 7.09. The lowest BCUT2D eigenvalue weighted by molar-refractivity contribution is 0.570. The number of halogens is 1. The Hall–Kier alpha value is -0.850. The number of carbonyl (C=O) groups excluding carboxylic acids is 1. The number of rotatable bonds is 2. The van der Waals surface area contributed by atoms with Gasteiger partial charge in [-0.05, 0) is 45.8 Å². The van der Waals surface area contributed by atoms with Crippen LogP contribution in [0.25, 0.3) is 4.48 Å². The van der Waals surface area contributed by atoms with Gasteiger partial charge in [0.15, 0.2) is 0 Å². The molecule has 0 N–H and O–H groups in total. The van der Waals surface area contributed by atoms with Crippen molar-refractivity contribution >= 4 is 26.4 Å². The fourth-order valence-corrected chi connectivity index (χ4v) is 1.64. The van der Waals surface area contributed by atoms with Gasteiger partial charge in [-0.3, -0.25) is 0 Å². The Bertz CT molecular complexity index is 356. The highest BCUT2D eigenvalue weighted by Crippen LogP contribution is 2.40. The van der Waals surface area contributed by atoms with Gasteiger partial charge in [0.25, 0.3) is 0 Å². The summed E-state index contributed by atoms with van der Waals surface area (Å²) in [4.78, 5) is 10.3. The number of benzene rings is 1. The standard InChI is InChI=1S/C11H9BrO/c12-11(7-13)10-5-3-9(4-6-10)8-1-2-8/h3-6,8H,1-2H2. The normalized spacial score (nSPS) is 15.2. The maximum atomic E-state index is 10.3. The maximum Gasteiger partial charge on any atom is 0.140 e. The molecule has 0 saturated heterocycles. The molecule has 2 heteroatoms. The molecule has 1 aromatic rings. The van der Waals surface area contributed by atoms with E-state index in [1.165, 1.54) is 18.4 Å². The van der Waals surface area contributed by atoms with Crippen molar-refractivity contribution in [1.29, 1.82) is 0 Å². The van der Waals surface area contributed by atoms with E-state index in [0.29, 0.717) is 4.48 Å². The predicted molar refractivity (Wildman–Crippen MR) is 56.4 cm³/mol. The van der Waals surface area contributed by atoms with E-state index in [-0.39, 0.29) is 0 Å². The first-order chi connectivity index (χ1) is 6.31. The second kappa shape index (κ2) is 3.49. The third-order valence-corrected chi connectivity index (χ3v) is 2.92. The molecule has 0 heterocycles. The first-order valence-electron chi connectivity index (χ1n) is 4.32. The SMILES string of the molecule is O=C=C(Br)c1ccc(C2CC2)cc1. The van der Waals surface area contributed by atoms with Crippen LogP contribution in [0.1, 0.15) is 29.9 Å². The lowest BCUT2D eigenvalue weighted by atomic mass is 10.1. The molecule has 0 spiro atoms. The largest absolute Gasteiger partial charge is 0.232 e. The van der Waals surface area contributed by atoms with Gasteiger partial charge in [0.1, 0.15) is 10.4 Å². The van der Waals surface area contributed by atoms with Crippen LogP contribution in [0.2, 0.25) is 0 Å². The summed E-state index contributed by atoms with van der Waals surface area (Å²) in [6.45, 7) is 0. The fourth-order valence-electron chi connectivity index (χ4n) is 1.38. The molecule has 1 aliphatic rings. The van der Waals surface area contributed by atoms with E-state index < -0.39 is 0 Å². The lowest BCUT2D eigenvalue weighted by Gasteiger charge is -1.99. The van der Waals surface area contributed by atoms with Crippen LogP contribution in [0, 0.1) is 0 Å². The summed E-state index contributed by atoms with van der Waals surface area (Å²) in [5.41, 5.74) is 2.29. The molecular formula is C11H9BrO. The third kappa shape index (κ3) is 1.90. The molecule has 66 valence electrons. The highest BCUT2D eigenvalue weighted by Gasteiger charge is 2.22. The van der Waals surface area contributed by atoms with Crippen LogP contribution >= 0.6 is 15.9 Å². The molecule has 13 heavy (non-hydrogen) atoms. The molecule has 1 fully saturated rings. The minimum absolute atomic E-state index is 0.495. The highest BCUT2D eigenvalue weighted by atomic mass is 79.9. The van der Waals surface area contributed by atoms with Gasteiger partial charge in [-0.15, -0.1) is 0 Å². The van der Waals surface area contributed by atoms with Crippen molar-refractivity contribution in [1.82, 2.24) is 0 Å². The first kappa shape index (κ1) is 8.74. The summed E-state index contributed by atoms with van der Waals surface area (Å²) in [5, 5.41) is 0. The van der Waals surface area contributed by atoms with E-state index in [2.05, 4.69) is 28.1 Å². The topological polar surface area (TPSA) is 17.1 Å². The molecule has 0 radical (unpaired) electrons. The van der Waals surface area contributed by atoms with Crippen LogP contribution in [0.4, 0.5) is 0 Å². The Morgan fingerprint density at radius 3 is 2.38 bits per heavy atom. The molecule has 2 rings (SSSR count). The average Bonchev–Trinajstić information content (AvgIpc) is 3.00. The van der Waals surface area contributed by atoms with Gasteiger partial charge in [0.05, 0.1) is 0 Å². The molecule has 0 atom stereocenters. The van der Waals surface area contributed by atoms with Crippen molar-refractivity contribution in [2.75, 3.05) is 0 Å². The Morgan fingerprint density at radius 2 is 1.92 bits per heavy atom. The smallest absolute Gasteiger partial charge is 0.140 e. The van der Waals surface area contributed by atoms with Crippen LogP contribution in [0.5, 0.6) is 0 Å². The van der Waals surface area contributed by atoms with Gasteiger partial charge in [-0.2, -0.15) is 0 Å². The van der Waals surface area contributed by atoms with Crippen LogP contribution < -0.4 is 0 Å². The molecule has 0 bridgehead atoms. The summed E-state index contributed by atoms with van der Waals surface area (Å²) in [6, 6.07) is 8.10. The number of hydrogen-bond acceptors (Lipinski definition) is 1. The molecule has 0 aromatic heterocycles. The van der Waals surface area contributed by atoms with Crippen LogP contribution in [-0.2, 0) is 4.79 Å². The highest BCUT2D eigenvalue weighted by molar-refractivity contribution is 9.15. The maximum absolute atomic E-state index is 10.3. The Morgan fingerprint density at radius 1 is 1.31 bits per heavy atom. The van der Waals surface area contributed by atoms with E-state index in [4.69, 9.17) is 0 Å². The van der Waals surface area contributed by atoms with E-state index >= 15 is 0 Å². The zero-order valence-corrected chi connectivity index (χ0v) is 8.67. The second-order valence-corrected chi connectivity index (χ2v) is 4.11. The number of hydrogen-bond donors (Lipinski definition) is 0. The Labute approximate surface area is 85.6 Å². The van der Waals surface area contributed by atoms with Gasteiger partial charge in [0, 0.05) is 0 Å². The summed E-state index contributed by atoms with van der Waals surface area (Å²) >= 11 is 3.16. The van der Waals surface area contributed by atoms with Crippen LogP contribution in [0.3, 0.4) is 0 Å². The Kier molecular flexibility index (Phi) is 2.34. The molecule has 1 saturated carbocycles. The van der Waals surface area contributed by atoms with Gasteiger partial charge >= 0.3 is 0 Å². The quantitative estimate of drug-likeness (QED) is 0.722. The summed E-state index contributed by atoms with van der Waals surface area (Å²) in [5.74, 6) is 2.60. The van der Waals surface area contributed by atoms with Crippen molar-refractivity contribution in [3.8, 4) is 0 Å². The summed E-state index contributed by atoms with van der Waals surface area (Å²) < 4.78 is 0.495. The molecule has 1 aliphatic carbocycles. The van der Waals surface area contributed by atoms with Crippen molar-refractivity contribution < 1.29 is 4.79 Å². The molecule has 1 nitrogen and oxygen atoms in total. The molecule has 1 aromatic carbocycles. The van der Waals surface area contributed by atoms with Gasteiger partial charge < -0.3 is 0 Å². The van der Waals surface area contributed by atoms with Crippen molar-refractivity contribution in [2.45, 2.75) is 18.8 Å². The monoisotopic (exact) mass is 236 g/mol. The van der Waals surface area contributed by atoms with Crippen molar-refractivity contribution in [2.24, 2.45) is 0 Å². The van der Waals surface area contributed by atoms with E-state index in [1.54, 1.807) is 0 Å².